The van der Waals surface area contributed by atoms with Crippen molar-refractivity contribution in [2.24, 2.45) is 0 Å². The second kappa shape index (κ2) is 6.81. The van der Waals surface area contributed by atoms with Gasteiger partial charge in [0.1, 0.15) is 21.7 Å². The summed E-state index contributed by atoms with van der Waals surface area (Å²) in [5.41, 5.74) is 0.520. The maximum Gasteiger partial charge on any atom is 0.241 e. The molecule has 0 aliphatic carbocycles. The third kappa shape index (κ3) is 5.26. The van der Waals surface area contributed by atoms with Gasteiger partial charge in [-0.15, -0.1) is 0 Å². The van der Waals surface area contributed by atoms with Gasteiger partial charge in [-0.1, -0.05) is 12.1 Å². The minimum Gasteiger partial charge on any atom is -0.353 e. The van der Waals surface area contributed by atoms with Crippen LogP contribution in [-0.2, 0) is 14.6 Å². The number of carbonyl (C=O) groups excluding carboxylic acids is 1. The highest BCUT2D eigenvalue weighted by molar-refractivity contribution is 7.90. The lowest BCUT2D eigenvalue weighted by Crippen LogP contribution is -2.39. The first-order valence-electron chi connectivity index (χ1n) is 6.08. The summed E-state index contributed by atoms with van der Waals surface area (Å²) < 4.78 is 35.3. The Labute approximate surface area is 118 Å². The molecule has 0 fully saturated rings. The monoisotopic (exact) mass is 302 g/mol. The number of carbonyl (C=O) groups is 1. The number of amides is 1. The molecule has 0 aliphatic heterocycles. The number of hydrogen-bond acceptors (Lipinski definition) is 4. The predicted molar refractivity (Wildman–Crippen MR) is 75.5 cm³/mol. The first kappa shape index (κ1) is 16.6. The number of halogens is 1. The number of nitrogens with one attached hydrogen (secondary N) is 1. The number of rotatable bonds is 6. The Morgan fingerprint density at radius 2 is 2.05 bits per heavy atom. The highest BCUT2D eigenvalue weighted by atomic mass is 32.2. The van der Waals surface area contributed by atoms with Gasteiger partial charge in [-0.25, -0.2) is 12.8 Å². The van der Waals surface area contributed by atoms with Crippen molar-refractivity contribution in [2.75, 3.05) is 32.6 Å². The molecular formula is C13H19FN2O3S. The van der Waals surface area contributed by atoms with E-state index in [0.717, 1.165) is 6.26 Å². The minimum absolute atomic E-state index is 0.0390. The summed E-state index contributed by atoms with van der Waals surface area (Å²) in [4.78, 5) is 13.8. The first-order chi connectivity index (χ1) is 9.20. The van der Waals surface area contributed by atoms with E-state index in [-0.39, 0.29) is 18.2 Å². The molecule has 0 aromatic heterocycles. The summed E-state index contributed by atoms with van der Waals surface area (Å²) in [6.45, 7) is 0.0390. The van der Waals surface area contributed by atoms with Crippen LogP contribution in [0.3, 0.4) is 0 Å². The Kier molecular flexibility index (Phi) is 5.64. The van der Waals surface area contributed by atoms with E-state index in [1.165, 1.54) is 18.2 Å². The predicted octanol–water partition coefficient (Wildman–Crippen LogP) is 0.589. The second-order valence-electron chi connectivity index (χ2n) is 4.84. The third-order valence-electron chi connectivity index (χ3n) is 2.70. The van der Waals surface area contributed by atoms with Gasteiger partial charge in [0.25, 0.3) is 0 Å². The molecule has 1 aromatic rings. The van der Waals surface area contributed by atoms with Gasteiger partial charge < -0.3 is 5.32 Å². The fourth-order valence-corrected chi connectivity index (χ4v) is 2.29. The van der Waals surface area contributed by atoms with Gasteiger partial charge in [0, 0.05) is 12.8 Å². The summed E-state index contributed by atoms with van der Waals surface area (Å²) in [5, 5.41) is 2.56. The van der Waals surface area contributed by atoms with Gasteiger partial charge in [-0.2, -0.15) is 0 Å². The first-order valence-corrected chi connectivity index (χ1v) is 8.14. The summed E-state index contributed by atoms with van der Waals surface area (Å²) in [6, 6.07) is 5.12. The lowest BCUT2D eigenvalue weighted by molar-refractivity contribution is -0.125. The fraction of sp³-hybridized carbons (Fsp3) is 0.462. The van der Waals surface area contributed by atoms with Crippen molar-refractivity contribution in [2.45, 2.75) is 6.04 Å². The Balaban J connectivity index is 2.79. The molecule has 0 aliphatic rings. The maximum atomic E-state index is 13.2. The van der Waals surface area contributed by atoms with E-state index in [4.69, 9.17) is 0 Å². The average molecular weight is 302 g/mol. The van der Waals surface area contributed by atoms with Gasteiger partial charge in [0.15, 0.2) is 0 Å². The van der Waals surface area contributed by atoms with Crippen LogP contribution in [0.5, 0.6) is 0 Å². The van der Waals surface area contributed by atoms with Crippen molar-refractivity contribution in [1.82, 2.24) is 10.2 Å². The molecule has 1 aromatic carbocycles. The highest BCUT2D eigenvalue weighted by Crippen LogP contribution is 2.19. The highest BCUT2D eigenvalue weighted by Gasteiger charge is 2.23. The normalized spacial score (nSPS) is 13.2. The fourth-order valence-electron chi connectivity index (χ4n) is 1.82. The van der Waals surface area contributed by atoms with E-state index in [0.29, 0.717) is 5.56 Å². The van der Waals surface area contributed by atoms with Crippen LogP contribution in [0.25, 0.3) is 0 Å². The zero-order chi connectivity index (χ0) is 15.3. The van der Waals surface area contributed by atoms with E-state index in [1.807, 2.05) is 0 Å². The van der Waals surface area contributed by atoms with Crippen molar-refractivity contribution in [1.29, 1.82) is 0 Å². The number of likely N-dealkylation sites (N-methyl/N-ethyl adjacent to an activating group) is 1. The van der Waals surface area contributed by atoms with Crippen LogP contribution in [0, 0.1) is 5.82 Å². The molecule has 0 saturated carbocycles. The molecule has 0 saturated heterocycles. The van der Waals surface area contributed by atoms with Crippen LogP contribution < -0.4 is 5.32 Å². The molecule has 5 nitrogen and oxygen atoms in total. The van der Waals surface area contributed by atoms with E-state index in [9.17, 15) is 17.6 Å². The van der Waals surface area contributed by atoms with Gasteiger partial charge in [-0.3, -0.25) is 9.69 Å². The van der Waals surface area contributed by atoms with Crippen LogP contribution in [-0.4, -0.2) is 51.9 Å². The SMILES string of the molecule is CN(C)[C@H](C(=O)NCCS(C)(=O)=O)c1cccc(F)c1. The van der Waals surface area contributed by atoms with E-state index >= 15 is 0 Å². The van der Waals surface area contributed by atoms with Crippen molar-refractivity contribution in [3.63, 3.8) is 0 Å². The molecule has 0 spiro atoms. The van der Waals surface area contributed by atoms with Crippen molar-refractivity contribution < 1.29 is 17.6 Å². The Hall–Kier alpha value is -1.47. The molecule has 0 unspecified atom stereocenters. The third-order valence-corrected chi connectivity index (χ3v) is 3.65. The van der Waals surface area contributed by atoms with Crippen molar-refractivity contribution >= 4 is 15.7 Å². The van der Waals surface area contributed by atoms with Gasteiger partial charge >= 0.3 is 0 Å². The summed E-state index contributed by atoms with van der Waals surface area (Å²) >= 11 is 0. The Morgan fingerprint density at radius 3 is 2.55 bits per heavy atom. The van der Waals surface area contributed by atoms with Crippen LogP contribution in [0.4, 0.5) is 4.39 Å². The topological polar surface area (TPSA) is 66.5 Å². The van der Waals surface area contributed by atoms with Crippen LogP contribution in [0.2, 0.25) is 0 Å². The second-order valence-corrected chi connectivity index (χ2v) is 7.10. The molecule has 1 atom stereocenters. The number of sulfone groups is 1. The lowest BCUT2D eigenvalue weighted by atomic mass is 10.1. The number of hydrogen-bond donors (Lipinski definition) is 1. The number of nitrogens with zero attached hydrogens (tertiary/aromatic N) is 1. The largest absolute Gasteiger partial charge is 0.353 e. The van der Waals surface area contributed by atoms with E-state index in [2.05, 4.69) is 5.32 Å². The standard InChI is InChI=1S/C13H19FN2O3S/c1-16(2)12(10-5-4-6-11(14)9-10)13(17)15-7-8-20(3,18)19/h4-6,9,12H,7-8H2,1-3H3,(H,15,17)/t12-/m0/s1. The molecule has 112 valence electrons. The zero-order valence-corrected chi connectivity index (χ0v) is 12.6. The van der Waals surface area contributed by atoms with E-state index in [1.54, 1.807) is 25.1 Å². The quantitative estimate of drug-likeness (QED) is 0.835. The van der Waals surface area contributed by atoms with Crippen molar-refractivity contribution in [3.05, 3.63) is 35.6 Å². The smallest absolute Gasteiger partial charge is 0.241 e. The Morgan fingerprint density at radius 1 is 1.40 bits per heavy atom. The molecule has 0 radical (unpaired) electrons. The molecule has 0 bridgehead atoms. The number of benzene rings is 1. The maximum absolute atomic E-state index is 13.2. The molecular weight excluding hydrogens is 283 g/mol. The van der Waals surface area contributed by atoms with Crippen molar-refractivity contribution in [3.8, 4) is 0 Å². The van der Waals surface area contributed by atoms with Crippen LogP contribution in [0.15, 0.2) is 24.3 Å². The summed E-state index contributed by atoms with van der Waals surface area (Å²) in [6.07, 6.45) is 1.11. The molecule has 0 heterocycles. The van der Waals surface area contributed by atoms with Gasteiger partial charge in [0.2, 0.25) is 5.91 Å². The Bertz CT molecular complexity index is 573. The molecule has 7 heteroatoms. The lowest BCUT2D eigenvalue weighted by Gasteiger charge is -2.23. The van der Waals surface area contributed by atoms with Gasteiger partial charge in [0.05, 0.1) is 5.75 Å². The summed E-state index contributed by atoms with van der Waals surface area (Å²) in [7, 11) is 0.275. The van der Waals surface area contributed by atoms with Gasteiger partial charge in [-0.05, 0) is 31.8 Å². The van der Waals surface area contributed by atoms with Crippen LogP contribution >= 0.6 is 0 Å². The molecule has 1 amide bonds. The molecule has 20 heavy (non-hydrogen) atoms. The molecule has 1 N–H and O–H groups in total. The minimum atomic E-state index is -3.13. The van der Waals surface area contributed by atoms with Crippen LogP contribution in [0.1, 0.15) is 11.6 Å². The van der Waals surface area contributed by atoms with E-state index < -0.39 is 21.7 Å². The summed E-state index contributed by atoms with van der Waals surface area (Å²) in [5.74, 6) is -0.898. The zero-order valence-electron chi connectivity index (χ0n) is 11.8. The average Bonchev–Trinajstić information content (AvgIpc) is 2.26. The molecule has 1 rings (SSSR count).